The topological polar surface area (TPSA) is 50.4 Å². The molecule has 0 saturated heterocycles. The van der Waals surface area contributed by atoms with Crippen LogP contribution in [-0.4, -0.2) is 11.1 Å². The number of furan rings is 1. The minimum absolute atomic E-state index is 0.0925. The number of aryl methyl sites for hydroxylation is 1. The largest absolute Gasteiger partial charge is 0.481 e. The molecule has 0 fully saturated rings. The molecule has 1 N–H and O–H groups in total. The van der Waals surface area contributed by atoms with Crippen LogP contribution in [0.1, 0.15) is 17.7 Å². The van der Waals surface area contributed by atoms with E-state index in [0.717, 1.165) is 5.56 Å². The lowest BCUT2D eigenvalue weighted by Crippen LogP contribution is -1.96. The van der Waals surface area contributed by atoms with E-state index in [1.54, 1.807) is 12.3 Å². The summed E-state index contributed by atoms with van der Waals surface area (Å²) in [7, 11) is 0. The fourth-order valence-electron chi connectivity index (χ4n) is 0.857. The van der Waals surface area contributed by atoms with Gasteiger partial charge in [-0.3, -0.25) is 4.79 Å². The lowest BCUT2D eigenvalue weighted by Gasteiger charge is -1.89. The van der Waals surface area contributed by atoms with Gasteiger partial charge in [-0.05, 0) is 6.07 Å². The summed E-state index contributed by atoms with van der Waals surface area (Å²) >= 11 is 5.53. The highest BCUT2D eigenvalue weighted by Crippen LogP contribution is 2.11. The molecule has 0 saturated carbocycles. The average molecular weight is 189 g/mol. The number of hydrogen-bond acceptors (Lipinski definition) is 2. The molecule has 3 nitrogen and oxygen atoms in total. The van der Waals surface area contributed by atoms with Crippen LogP contribution in [-0.2, 0) is 17.1 Å². The van der Waals surface area contributed by atoms with Crippen LogP contribution < -0.4 is 0 Å². The van der Waals surface area contributed by atoms with Crippen molar-refractivity contribution in [2.75, 3.05) is 0 Å². The first kappa shape index (κ1) is 9.13. The van der Waals surface area contributed by atoms with Gasteiger partial charge in [0.25, 0.3) is 0 Å². The van der Waals surface area contributed by atoms with Crippen LogP contribution >= 0.6 is 11.6 Å². The maximum absolute atomic E-state index is 10.2. The number of alkyl halides is 1. The molecule has 1 heterocycles. The summed E-state index contributed by atoms with van der Waals surface area (Å²) in [4.78, 5) is 10.2. The lowest BCUT2D eigenvalue weighted by atomic mass is 10.2. The van der Waals surface area contributed by atoms with E-state index in [9.17, 15) is 4.79 Å². The van der Waals surface area contributed by atoms with Crippen molar-refractivity contribution in [1.82, 2.24) is 0 Å². The number of aliphatic carboxylic acids is 1. The van der Waals surface area contributed by atoms with E-state index in [2.05, 4.69) is 0 Å². The SMILES string of the molecule is O=C(O)CCc1cc(CCl)co1. The fraction of sp³-hybridized carbons (Fsp3) is 0.375. The zero-order valence-electron chi connectivity index (χ0n) is 6.42. The van der Waals surface area contributed by atoms with Gasteiger partial charge >= 0.3 is 5.97 Å². The number of carboxylic acid groups (broad SMARTS) is 1. The summed E-state index contributed by atoms with van der Waals surface area (Å²) in [6.45, 7) is 0. The molecule has 0 aromatic carbocycles. The van der Waals surface area contributed by atoms with Crippen LogP contribution in [0, 0.1) is 0 Å². The van der Waals surface area contributed by atoms with E-state index in [-0.39, 0.29) is 6.42 Å². The highest BCUT2D eigenvalue weighted by molar-refractivity contribution is 6.17. The van der Waals surface area contributed by atoms with Gasteiger partial charge in [0, 0.05) is 12.0 Å². The summed E-state index contributed by atoms with van der Waals surface area (Å²) < 4.78 is 5.06. The Morgan fingerprint density at radius 1 is 1.67 bits per heavy atom. The molecule has 4 heteroatoms. The summed E-state index contributed by atoms with van der Waals surface area (Å²) in [5.41, 5.74) is 0.886. The van der Waals surface area contributed by atoms with Crippen LogP contribution in [0.15, 0.2) is 16.7 Å². The maximum Gasteiger partial charge on any atom is 0.303 e. The van der Waals surface area contributed by atoms with E-state index in [1.807, 2.05) is 0 Å². The van der Waals surface area contributed by atoms with Crippen molar-refractivity contribution in [3.8, 4) is 0 Å². The van der Waals surface area contributed by atoms with Gasteiger partial charge in [-0.25, -0.2) is 0 Å². The van der Waals surface area contributed by atoms with Gasteiger partial charge in [0.1, 0.15) is 5.76 Å². The molecule has 0 radical (unpaired) electrons. The molecule has 0 atom stereocenters. The molecule has 0 aliphatic heterocycles. The van der Waals surface area contributed by atoms with E-state index in [0.29, 0.717) is 18.1 Å². The fourth-order valence-corrected chi connectivity index (χ4v) is 0.998. The summed E-state index contributed by atoms with van der Waals surface area (Å²) in [6.07, 6.45) is 2.06. The Morgan fingerprint density at radius 3 is 2.92 bits per heavy atom. The second-order valence-corrected chi connectivity index (χ2v) is 2.72. The first-order valence-corrected chi connectivity index (χ1v) is 4.10. The Labute approximate surface area is 74.9 Å². The number of hydrogen-bond donors (Lipinski definition) is 1. The standard InChI is InChI=1S/C8H9ClO3/c9-4-6-3-7(12-5-6)1-2-8(10)11/h3,5H,1-2,4H2,(H,10,11). The second kappa shape index (κ2) is 4.16. The van der Waals surface area contributed by atoms with Gasteiger partial charge in [-0.2, -0.15) is 0 Å². The molecule has 0 amide bonds. The monoisotopic (exact) mass is 188 g/mol. The van der Waals surface area contributed by atoms with Crippen molar-refractivity contribution in [3.05, 3.63) is 23.7 Å². The van der Waals surface area contributed by atoms with Crippen molar-refractivity contribution in [1.29, 1.82) is 0 Å². The Morgan fingerprint density at radius 2 is 2.42 bits per heavy atom. The molecule has 0 bridgehead atoms. The van der Waals surface area contributed by atoms with Gasteiger partial charge in [0.2, 0.25) is 0 Å². The molecule has 66 valence electrons. The van der Waals surface area contributed by atoms with Crippen molar-refractivity contribution >= 4 is 17.6 Å². The number of carbonyl (C=O) groups is 1. The van der Waals surface area contributed by atoms with Gasteiger partial charge in [-0.15, -0.1) is 11.6 Å². The van der Waals surface area contributed by atoms with Crippen LogP contribution in [0.4, 0.5) is 0 Å². The van der Waals surface area contributed by atoms with Crippen LogP contribution in [0.5, 0.6) is 0 Å². The van der Waals surface area contributed by atoms with Crippen molar-refractivity contribution in [2.45, 2.75) is 18.7 Å². The molecule has 0 aliphatic rings. The third-order valence-electron chi connectivity index (χ3n) is 1.45. The number of halogens is 1. The maximum atomic E-state index is 10.2. The highest BCUT2D eigenvalue weighted by atomic mass is 35.5. The van der Waals surface area contributed by atoms with Gasteiger partial charge < -0.3 is 9.52 Å². The summed E-state index contributed by atoms with van der Waals surface area (Å²) in [6, 6.07) is 1.77. The van der Waals surface area contributed by atoms with Crippen LogP contribution in [0.2, 0.25) is 0 Å². The zero-order chi connectivity index (χ0) is 8.97. The quantitative estimate of drug-likeness (QED) is 0.736. The number of rotatable bonds is 4. The third kappa shape index (κ3) is 2.58. The van der Waals surface area contributed by atoms with Crippen LogP contribution in [0.3, 0.4) is 0 Å². The molecule has 12 heavy (non-hydrogen) atoms. The minimum Gasteiger partial charge on any atom is -0.481 e. The predicted molar refractivity (Wildman–Crippen MR) is 44.2 cm³/mol. The molecule has 1 aromatic rings. The van der Waals surface area contributed by atoms with Crippen molar-refractivity contribution < 1.29 is 14.3 Å². The van der Waals surface area contributed by atoms with E-state index < -0.39 is 5.97 Å². The molecular formula is C8H9ClO3. The first-order chi connectivity index (χ1) is 5.72. The molecule has 0 spiro atoms. The highest BCUT2D eigenvalue weighted by Gasteiger charge is 2.03. The van der Waals surface area contributed by atoms with E-state index in [4.69, 9.17) is 21.1 Å². The second-order valence-electron chi connectivity index (χ2n) is 2.45. The third-order valence-corrected chi connectivity index (χ3v) is 1.76. The van der Waals surface area contributed by atoms with E-state index >= 15 is 0 Å². The molecule has 0 unspecified atom stereocenters. The predicted octanol–water partition coefficient (Wildman–Crippen LogP) is 2.04. The molecule has 1 rings (SSSR count). The summed E-state index contributed by atoms with van der Waals surface area (Å²) in [5.74, 6) is 0.253. The van der Waals surface area contributed by atoms with Crippen LogP contribution in [0.25, 0.3) is 0 Å². The first-order valence-electron chi connectivity index (χ1n) is 3.56. The molecule has 0 aliphatic carbocycles. The average Bonchev–Trinajstić information content (AvgIpc) is 2.48. The van der Waals surface area contributed by atoms with Gasteiger partial charge in [0.05, 0.1) is 18.6 Å². The lowest BCUT2D eigenvalue weighted by molar-refractivity contribution is -0.137. The van der Waals surface area contributed by atoms with E-state index in [1.165, 1.54) is 0 Å². The van der Waals surface area contributed by atoms with Crippen molar-refractivity contribution in [3.63, 3.8) is 0 Å². The van der Waals surface area contributed by atoms with Crippen molar-refractivity contribution in [2.24, 2.45) is 0 Å². The Balaban J connectivity index is 2.47. The summed E-state index contributed by atoms with van der Waals surface area (Å²) in [5, 5.41) is 8.37. The minimum atomic E-state index is -0.821. The molecular weight excluding hydrogens is 180 g/mol. The zero-order valence-corrected chi connectivity index (χ0v) is 7.17. The van der Waals surface area contributed by atoms with Gasteiger partial charge in [0.15, 0.2) is 0 Å². The number of carboxylic acids is 1. The smallest absolute Gasteiger partial charge is 0.303 e. The Hall–Kier alpha value is -0.960. The van der Waals surface area contributed by atoms with Gasteiger partial charge in [-0.1, -0.05) is 0 Å². The normalized spacial score (nSPS) is 10.1. The Kier molecular flexibility index (Phi) is 3.17. The molecule has 1 aromatic heterocycles. The Bertz CT molecular complexity index is 267.